The minimum absolute atomic E-state index is 0.0830. The van der Waals surface area contributed by atoms with E-state index in [9.17, 15) is 14.4 Å². The van der Waals surface area contributed by atoms with E-state index in [-0.39, 0.29) is 23.7 Å². The van der Waals surface area contributed by atoms with Crippen LogP contribution in [0.25, 0.3) is 0 Å². The van der Waals surface area contributed by atoms with Gasteiger partial charge in [0.2, 0.25) is 11.8 Å². The smallest absolute Gasteiger partial charge is 0.337 e. The van der Waals surface area contributed by atoms with E-state index in [1.54, 1.807) is 24.3 Å². The van der Waals surface area contributed by atoms with Gasteiger partial charge < -0.3 is 20.3 Å². The molecule has 1 aliphatic rings. The molecule has 1 aromatic carbocycles. The number of likely N-dealkylation sites (N-methyl/N-ethyl adjacent to an activating group) is 1. The van der Waals surface area contributed by atoms with Gasteiger partial charge in [-0.15, -0.1) is 0 Å². The summed E-state index contributed by atoms with van der Waals surface area (Å²) >= 11 is 0. The molecule has 2 atom stereocenters. The van der Waals surface area contributed by atoms with Gasteiger partial charge in [0.1, 0.15) is 0 Å². The summed E-state index contributed by atoms with van der Waals surface area (Å²) in [6.45, 7) is 1.33. The molecule has 0 radical (unpaired) electrons. The van der Waals surface area contributed by atoms with E-state index < -0.39 is 5.97 Å². The lowest BCUT2D eigenvalue weighted by atomic mass is 10.2. The van der Waals surface area contributed by atoms with Crippen LogP contribution in [0.4, 0.5) is 5.69 Å². The largest absolute Gasteiger partial charge is 0.465 e. The summed E-state index contributed by atoms with van der Waals surface area (Å²) in [5.41, 5.74) is 0.880. The SMILES string of the molecule is COC(=O)c1cccc(NC(=O)C2CC2C(=O)NCCN(C)C)c1. The van der Waals surface area contributed by atoms with Crippen LogP contribution in [0.5, 0.6) is 0 Å². The van der Waals surface area contributed by atoms with E-state index in [1.165, 1.54) is 7.11 Å². The molecule has 2 unspecified atom stereocenters. The molecule has 1 aromatic rings. The number of amides is 2. The second kappa shape index (κ2) is 7.92. The molecule has 7 nitrogen and oxygen atoms in total. The van der Waals surface area contributed by atoms with Crippen molar-refractivity contribution in [2.24, 2.45) is 11.8 Å². The number of carbonyl (C=O) groups is 3. The van der Waals surface area contributed by atoms with Crippen LogP contribution in [0.3, 0.4) is 0 Å². The Balaban J connectivity index is 1.84. The van der Waals surface area contributed by atoms with E-state index in [0.717, 1.165) is 6.54 Å². The zero-order valence-corrected chi connectivity index (χ0v) is 14.2. The van der Waals surface area contributed by atoms with Crippen LogP contribution in [0.1, 0.15) is 16.8 Å². The fourth-order valence-corrected chi connectivity index (χ4v) is 2.39. The zero-order chi connectivity index (χ0) is 17.7. The molecule has 2 N–H and O–H groups in total. The summed E-state index contributed by atoms with van der Waals surface area (Å²) in [6.07, 6.45) is 0.552. The highest BCUT2D eigenvalue weighted by atomic mass is 16.5. The van der Waals surface area contributed by atoms with Gasteiger partial charge in [0.25, 0.3) is 0 Å². The highest BCUT2D eigenvalue weighted by molar-refractivity contribution is 6.00. The maximum Gasteiger partial charge on any atom is 0.337 e. The number of hydrogen-bond acceptors (Lipinski definition) is 5. The number of carbonyl (C=O) groups excluding carboxylic acids is 3. The molecule has 0 saturated heterocycles. The van der Waals surface area contributed by atoms with E-state index in [2.05, 4.69) is 15.4 Å². The molecule has 2 amide bonds. The molecule has 1 fully saturated rings. The molecular weight excluding hydrogens is 310 g/mol. The van der Waals surface area contributed by atoms with Crippen LogP contribution >= 0.6 is 0 Å². The molecule has 24 heavy (non-hydrogen) atoms. The molecule has 0 heterocycles. The Morgan fingerprint density at radius 1 is 1.21 bits per heavy atom. The van der Waals surface area contributed by atoms with Gasteiger partial charge in [-0.1, -0.05) is 6.07 Å². The van der Waals surface area contributed by atoms with Gasteiger partial charge in [0.05, 0.1) is 24.5 Å². The van der Waals surface area contributed by atoms with Crippen molar-refractivity contribution in [2.45, 2.75) is 6.42 Å². The monoisotopic (exact) mass is 333 g/mol. The van der Waals surface area contributed by atoms with Gasteiger partial charge in [0.15, 0.2) is 0 Å². The third-order valence-corrected chi connectivity index (χ3v) is 3.87. The number of benzene rings is 1. The minimum atomic E-state index is -0.462. The lowest BCUT2D eigenvalue weighted by molar-refractivity contribution is -0.125. The van der Waals surface area contributed by atoms with Crippen LogP contribution in [0.2, 0.25) is 0 Å². The van der Waals surface area contributed by atoms with Crippen LogP contribution < -0.4 is 10.6 Å². The molecule has 1 aliphatic carbocycles. The predicted octanol–water partition coefficient (Wildman–Crippen LogP) is 0.726. The Hall–Kier alpha value is -2.41. The fraction of sp³-hybridized carbons (Fsp3) is 0.471. The van der Waals surface area contributed by atoms with Crippen LogP contribution in [-0.2, 0) is 14.3 Å². The lowest BCUT2D eigenvalue weighted by Gasteiger charge is -2.10. The number of ether oxygens (including phenoxy) is 1. The summed E-state index contributed by atoms with van der Waals surface area (Å²) in [5, 5.41) is 5.58. The highest BCUT2D eigenvalue weighted by Gasteiger charge is 2.47. The molecule has 0 aromatic heterocycles. The predicted molar refractivity (Wildman–Crippen MR) is 89.6 cm³/mol. The molecule has 130 valence electrons. The zero-order valence-electron chi connectivity index (χ0n) is 14.2. The quantitative estimate of drug-likeness (QED) is 0.718. The summed E-state index contributed by atoms with van der Waals surface area (Å²) in [5.74, 6) is -1.33. The lowest BCUT2D eigenvalue weighted by Crippen LogP contribution is -2.33. The maximum atomic E-state index is 12.2. The van der Waals surface area contributed by atoms with Crippen molar-refractivity contribution in [2.75, 3.05) is 39.6 Å². The third-order valence-electron chi connectivity index (χ3n) is 3.87. The van der Waals surface area contributed by atoms with Crippen LogP contribution in [-0.4, -0.2) is 57.0 Å². The minimum Gasteiger partial charge on any atom is -0.465 e. The van der Waals surface area contributed by atoms with Crippen molar-refractivity contribution in [1.82, 2.24) is 10.2 Å². The number of hydrogen-bond donors (Lipinski definition) is 2. The van der Waals surface area contributed by atoms with E-state index >= 15 is 0 Å². The molecule has 7 heteroatoms. The maximum absolute atomic E-state index is 12.2. The standard InChI is InChI=1S/C17H23N3O4/c1-20(2)8-7-18-15(21)13-10-14(13)16(22)19-12-6-4-5-11(9-12)17(23)24-3/h4-6,9,13-14H,7-8,10H2,1-3H3,(H,18,21)(H,19,22). The van der Waals surface area contributed by atoms with Crippen LogP contribution in [0, 0.1) is 11.8 Å². The second-order valence-electron chi connectivity index (χ2n) is 6.10. The molecule has 0 aliphatic heterocycles. The number of rotatable bonds is 7. The average Bonchev–Trinajstić information content (AvgIpc) is 3.34. The summed E-state index contributed by atoms with van der Waals surface area (Å²) in [7, 11) is 5.17. The first-order chi connectivity index (χ1) is 11.4. The van der Waals surface area contributed by atoms with Crippen molar-refractivity contribution < 1.29 is 19.1 Å². The van der Waals surface area contributed by atoms with Crippen molar-refractivity contribution in [3.63, 3.8) is 0 Å². The van der Waals surface area contributed by atoms with Gasteiger partial charge in [-0.05, 0) is 38.7 Å². The summed E-state index contributed by atoms with van der Waals surface area (Å²) < 4.78 is 4.65. The number of anilines is 1. The summed E-state index contributed by atoms with van der Waals surface area (Å²) in [6, 6.07) is 6.52. The van der Waals surface area contributed by atoms with Gasteiger partial charge in [0, 0.05) is 18.8 Å². The van der Waals surface area contributed by atoms with Gasteiger partial charge in [-0.3, -0.25) is 9.59 Å². The van der Waals surface area contributed by atoms with Crippen LogP contribution in [0.15, 0.2) is 24.3 Å². The Bertz CT molecular complexity index is 630. The first-order valence-corrected chi connectivity index (χ1v) is 7.84. The van der Waals surface area contributed by atoms with Crippen molar-refractivity contribution >= 4 is 23.5 Å². The van der Waals surface area contributed by atoms with E-state index in [4.69, 9.17) is 0 Å². The van der Waals surface area contributed by atoms with Gasteiger partial charge >= 0.3 is 5.97 Å². The Morgan fingerprint density at radius 2 is 1.92 bits per heavy atom. The molecular formula is C17H23N3O4. The number of esters is 1. The number of methoxy groups -OCH3 is 1. The number of nitrogens with one attached hydrogen (secondary N) is 2. The van der Waals surface area contributed by atoms with Gasteiger partial charge in [-0.2, -0.15) is 0 Å². The van der Waals surface area contributed by atoms with E-state index in [1.807, 2.05) is 19.0 Å². The molecule has 2 rings (SSSR count). The van der Waals surface area contributed by atoms with Crippen molar-refractivity contribution in [3.8, 4) is 0 Å². The van der Waals surface area contributed by atoms with Crippen molar-refractivity contribution in [3.05, 3.63) is 29.8 Å². The van der Waals surface area contributed by atoms with Crippen molar-refractivity contribution in [1.29, 1.82) is 0 Å². The second-order valence-corrected chi connectivity index (χ2v) is 6.10. The third kappa shape index (κ3) is 4.79. The Labute approximate surface area is 141 Å². The average molecular weight is 333 g/mol. The normalized spacial score (nSPS) is 18.8. The van der Waals surface area contributed by atoms with Gasteiger partial charge in [-0.25, -0.2) is 4.79 Å². The molecule has 1 saturated carbocycles. The summed E-state index contributed by atoms with van der Waals surface area (Å²) in [4.78, 5) is 37.6. The van der Waals surface area contributed by atoms with E-state index in [0.29, 0.717) is 24.2 Å². The topological polar surface area (TPSA) is 87.7 Å². The number of nitrogens with zero attached hydrogens (tertiary/aromatic N) is 1. The first-order valence-electron chi connectivity index (χ1n) is 7.84. The fourth-order valence-electron chi connectivity index (χ4n) is 2.39. The first kappa shape index (κ1) is 17.9. The molecule has 0 bridgehead atoms. The Kier molecular flexibility index (Phi) is 5.92. The highest BCUT2D eigenvalue weighted by Crippen LogP contribution is 2.39. The molecule has 0 spiro atoms. The Morgan fingerprint density at radius 3 is 2.58 bits per heavy atom.